The summed E-state index contributed by atoms with van der Waals surface area (Å²) < 4.78 is 1.67. The Morgan fingerprint density at radius 3 is 2.88 bits per heavy atom. The number of nitrogens with one attached hydrogen (secondary N) is 1. The normalized spacial score (nSPS) is 22.0. The second-order valence-electron chi connectivity index (χ2n) is 6.38. The molecular formula is C17H22N6O. The number of hydrogen-bond acceptors (Lipinski definition) is 5. The molecular weight excluding hydrogens is 304 g/mol. The molecule has 2 fully saturated rings. The fourth-order valence-electron chi connectivity index (χ4n) is 3.58. The van der Waals surface area contributed by atoms with E-state index in [1.165, 1.54) is 0 Å². The van der Waals surface area contributed by atoms with Crippen LogP contribution in [-0.4, -0.2) is 76.0 Å². The smallest absolute Gasteiger partial charge is 0.253 e. The Morgan fingerprint density at radius 1 is 1.21 bits per heavy atom. The Kier molecular flexibility index (Phi) is 4.27. The molecule has 2 aliphatic rings. The lowest BCUT2D eigenvalue weighted by atomic mass is 10.1. The molecule has 2 saturated heterocycles. The Morgan fingerprint density at radius 2 is 2.08 bits per heavy atom. The van der Waals surface area contributed by atoms with Crippen molar-refractivity contribution < 1.29 is 4.79 Å². The van der Waals surface area contributed by atoms with Crippen molar-refractivity contribution in [2.75, 3.05) is 39.3 Å². The summed E-state index contributed by atoms with van der Waals surface area (Å²) in [6.45, 7) is 5.91. The largest absolute Gasteiger partial charge is 0.337 e. The first-order valence-electron chi connectivity index (χ1n) is 8.52. The number of carbonyl (C=O) groups is 1. The summed E-state index contributed by atoms with van der Waals surface area (Å²) in [5.74, 6) is 0.106. The minimum atomic E-state index is 0.106. The van der Waals surface area contributed by atoms with E-state index in [-0.39, 0.29) is 5.91 Å². The second-order valence-corrected chi connectivity index (χ2v) is 6.38. The molecule has 0 bridgehead atoms. The molecule has 1 aromatic carbocycles. The van der Waals surface area contributed by atoms with E-state index in [1.54, 1.807) is 17.1 Å². The van der Waals surface area contributed by atoms with Crippen LogP contribution in [0.1, 0.15) is 16.8 Å². The molecule has 7 heteroatoms. The van der Waals surface area contributed by atoms with Gasteiger partial charge in [-0.1, -0.05) is 11.3 Å². The highest BCUT2D eigenvalue weighted by molar-refractivity contribution is 5.95. The summed E-state index contributed by atoms with van der Waals surface area (Å²) in [7, 11) is 0. The van der Waals surface area contributed by atoms with Gasteiger partial charge in [0, 0.05) is 50.9 Å². The van der Waals surface area contributed by atoms with E-state index in [0.29, 0.717) is 11.6 Å². The van der Waals surface area contributed by atoms with Gasteiger partial charge in [-0.2, -0.15) is 0 Å². The van der Waals surface area contributed by atoms with Crippen LogP contribution in [-0.2, 0) is 0 Å². The number of likely N-dealkylation sites (tertiary alicyclic amines) is 1. The van der Waals surface area contributed by atoms with Gasteiger partial charge in [0.05, 0.1) is 18.1 Å². The van der Waals surface area contributed by atoms with Gasteiger partial charge in [0.25, 0.3) is 5.91 Å². The number of rotatable bonds is 3. The van der Waals surface area contributed by atoms with Gasteiger partial charge in [0.15, 0.2) is 0 Å². The van der Waals surface area contributed by atoms with Crippen molar-refractivity contribution in [1.29, 1.82) is 0 Å². The molecule has 1 aromatic heterocycles. The van der Waals surface area contributed by atoms with Crippen LogP contribution < -0.4 is 5.32 Å². The van der Waals surface area contributed by atoms with Crippen molar-refractivity contribution in [1.82, 2.24) is 30.1 Å². The van der Waals surface area contributed by atoms with E-state index in [2.05, 4.69) is 20.5 Å². The Bertz CT molecular complexity index is 695. The SMILES string of the molecule is O=C(c1cccc(-n2ccnn2)c1)N1CCC(N2CCNCC2)C1. The van der Waals surface area contributed by atoms with Crippen molar-refractivity contribution in [3.63, 3.8) is 0 Å². The van der Waals surface area contributed by atoms with Crippen molar-refractivity contribution in [2.45, 2.75) is 12.5 Å². The lowest BCUT2D eigenvalue weighted by Gasteiger charge is -2.32. The molecule has 3 heterocycles. The monoisotopic (exact) mass is 326 g/mol. The summed E-state index contributed by atoms with van der Waals surface area (Å²) in [5, 5.41) is 11.2. The van der Waals surface area contributed by atoms with Gasteiger partial charge < -0.3 is 10.2 Å². The number of carbonyl (C=O) groups excluding carboxylic acids is 1. The molecule has 1 atom stereocenters. The molecule has 7 nitrogen and oxygen atoms in total. The molecule has 0 radical (unpaired) electrons. The third-order valence-electron chi connectivity index (χ3n) is 4.90. The standard InChI is InChI=1S/C17H22N6O/c24-17(14-2-1-3-15(12-14)23-11-7-19-20-23)22-8-4-16(13-22)21-9-5-18-6-10-21/h1-3,7,11-12,16,18H,4-6,8-10,13H2. The van der Waals surface area contributed by atoms with Gasteiger partial charge in [-0.3, -0.25) is 9.69 Å². The van der Waals surface area contributed by atoms with Crippen LogP contribution in [0.5, 0.6) is 0 Å². The average Bonchev–Trinajstić information content (AvgIpc) is 3.34. The minimum absolute atomic E-state index is 0.106. The third kappa shape index (κ3) is 3.05. The van der Waals surface area contributed by atoms with E-state index in [4.69, 9.17) is 0 Å². The van der Waals surface area contributed by atoms with Crippen molar-refractivity contribution >= 4 is 5.91 Å². The second kappa shape index (κ2) is 6.70. The Labute approximate surface area is 141 Å². The van der Waals surface area contributed by atoms with E-state index >= 15 is 0 Å². The molecule has 0 spiro atoms. The first-order valence-corrected chi connectivity index (χ1v) is 8.52. The minimum Gasteiger partial charge on any atom is -0.337 e. The van der Waals surface area contributed by atoms with Gasteiger partial charge >= 0.3 is 0 Å². The molecule has 1 unspecified atom stereocenters. The summed E-state index contributed by atoms with van der Waals surface area (Å²) in [4.78, 5) is 17.3. The third-order valence-corrected chi connectivity index (χ3v) is 4.90. The molecule has 1 N–H and O–H groups in total. The maximum Gasteiger partial charge on any atom is 0.253 e. The van der Waals surface area contributed by atoms with Gasteiger partial charge in [0.1, 0.15) is 0 Å². The van der Waals surface area contributed by atoms with Crippen molar-refractivity contribution in [3.05, 3.63) is 42.2 Å². The van der Waals surface area contributed by atoms with Crippen LogP contribution in [0.15, 0.2) is 36.7 Å². The zero-order valence-electron chi connectivity index (χ0n) is 13.6. The maximum absolute atomic E-state index is 12.8. The zero-order valence-corrected chi connectivity index (χ0v) is 13.6. The highest BCUT2D eigenvalue weighted by atomic mass is 16.2. The van der Waals surface area contributed by atoms with Crippen molar-refractivity contribution in [3.8, 4) is 5.69 Å². The van der Waals surface area contributed by atoms with Crippen LogP contribution >= 0.6 is 0 Å². The molecule has 126 valence electrons. The van der Waals surface area contributed by atoms with E-state index in [9.17, 15) is 4.79 Å². The Balaban J connectivity index is 1.45. The molecule has 0 saturated carbocycles. The first kappa shape index (κ1) is 15.3. The zero-order chi connectivity index (χ0) is 16.4. The maximum atomic E-state index is 12.8. The van der Waals surface area contributed by atoms with Crippen LogP contribution in [0.3, 0.4) is 0 Å². The van der Waals surface area contributed by atoms with Crippen LogP contribution in [0.4, 0.5) is 0 Å². The fraction of sp³-hybridized carbons (Fsp3) is 0.471. The topological polar surface area (TPSA) is 66.3 Å². The molecule has 2 aromatic rings. The van der Waals surface area contributed by atoms with Crippen LogP contribution in [0.25, 0.3) is 5.69 Å². The number of nitrogens with zero attached hydrogens (tertiary/aromatic N) is 5. The van der Waals surface area contributed by atoms with Gasteiger partial charge in [-0.25, -0.2) is 4.68 Å². The predicted molar refractivity (Wildman–Crippen MR) is 90.1 cm³/mol. The summed E-state index contributed by atoms with van der Waals surface area (Å²) in [6, 6.07) is 8.08. The molecule has 1 amide bonds. The summed E-state index contributed by atoms with van der Waals surface area (Å²) in [5.41, 5.74) is 1.57. The van der Waals surface area contributed by atoms with E-state index in [0.717, 1.165) is 51.4 Å². The number of amides is 1. The molecule has 2 aliphatic heterocycles. The van der Waals surface area contributed by atoms with E-state index < -0.39 is 0 Å². The van der Waals surface area contributed by atoms with Crippen LogP contribution in [0.2, 0.25) is 0 Å². The summed E-state index contributed by atoms with van der Waals surface area (Å²) >= 11 is 0. The van der Waals surface area contributed by atoms with Gasteiger partial charge in [-0.05, 0) is 24.6 Å². The first-order chi connectivity index (χ1) is 11.8. The van der Waals surface area contributed by atoms with Gasteiger partial charge in [0.2, 0.25) is 0 Å². The quantitative estimate of drug-likeness (QED) is 0.884. The average molecular weight is 326 g/mol. The lowest BCUT2D eigenvalue weighted by molar-refractivity contribution is 0.0773. The highest BCUT2D eigenvalue weighted by Gasteiger charge is 2.31. The molecule has 24 heavy (non-hydrogen) atoms. The van der Waals surface area contributed by atoms with Crippen LogP contribution in [0, 0.1) is 0 Å². The lowest BCUT2D eigenvalue weighted by Crippen LogP contribution is -2.49. The van der Waals surface area contributed by atoms with Gasteiger partial charge in [-0.15, -0.1) is 5.10 Å². The fourth-order valence-corrected chi connectivity index (χ4v) is 3.58. The number of hydrogen-bond donors (Lipinski definition) is 1. The molecule has 4 rings (SSSR count). The number of aromatic nitrogens is 3. The Hall–Kier alpha value is -2.25. The summed E-state index contributed by atoms with van der Waals surface area (Å²) in [6.07, 6.45) is 4.47. The predicted octanol–water partition coefficient (Wildman–Crippen LogP) is 0.387. The number of benzene rings is 1. The van der Waals surface area contributed by atoms with E-state index in [1.807, 2.05) is 29.2 Å². The molecule has 0 aliphatic carbocycles. The highest BCUT2D eigenvalue weighted by Crippen LogP contribution is 2.19. The van der Waals surface area contributed by atoms with Crippen molar-refractivity contribution in [2.24, 2.45) is 0 Å². The number of piperazine rings is 1.